The second-order valence-corrected chi connectivity index (χ2v) is 12.2. The minimum absolute atomic E-state index is 0.181. The van der Waals surface area contributed by atoms with E-state index in [1.807, 2.05) is 0 Å². The summed E-state index contributed by atoms with van der Waals surface area (Å²) in [6.07, 6.45) is 2.03. The molecule has 3 aromatic heterocycles. The van der Waals surface area contributed by atoms with E-state index in [1.54, 1.807) is 22.7 Å². The van der Waals surface area contributed by atoms with Gasteiger partial charge in [0.15, 0.2) is 9.84 Å². The van der Waals surface area contributed by atoms with Crippen molar-refractivity contribution in [2.24, 2.45) is 0 Å². The van der Waals surface area contributed by atoms with Gasteiger partial charge in [-0.1, -0.05) is 12.1 Å². The number of anilines is 2. The quantitative estimate of drug-likeness (QED) is 0.341. The molecule has 3 N–H and O–H groups in total. The Morgan fingerprint density at radius 3 is 2.55 bits per heavy atom. The number of nitrogens with zero attached hydrogens (tertiary/aromatic N) is 5. The van der Waals surface area contributed by atoms with Crippen LogP contribution in [0.3, 0.4) is 0 Å². The van der Waals surface area contributed by atoms with Crippen LogP contribution >= 0.6 is 0 Å². The van der Waals surface area contributed by atoms with E-state index in [0.717, 1.165) is 24.6 Å². The van der Waals surface area contributed by atoms with Crippen LogP contribution in [0.5, 0.6) is 0 Å². The highest BCUT2D eigenvalue weighted by molar-refractivity contribution is 7.91. The number of hydrogen-bond acceptors (Lipinski definition) is 8. The van der Waals surface area contributed by atoms with Crippen molar-refractivity contribution in [3.8, 4) is 11.3 Å². The number of piperidine rings is 1. The van der Waals surface area contributed by atoms with Gasteiger partial charge >= 0.3 is 6.18 Å². The standard InChI is InChI=1S/C27H26F3N7O4S/c1-42(40,41)15-21(38)36-11-2-3-18(14-36)25-35-22(23-24(31)33-10-12-37(23)25)16-4-6-17(7-5-16)26(39)34-20-13-19(8-9-32-20)27(28,29)30/h4-10,12-13,18H,2-3,11,14-15H2,1H3,(H2,31,33)(H,32,34,39)/t18-/m1/s1. The number of carbonyl (C=O) groups excluding carboxylic acids is 2. The van der Waals surface area contributed by atoms with Gasteiger partial charge in [-0.15, -0.1) is 0 Å². The molecule has 1 aliphatic rings. The number of alkyl halides is 3. The molecule has 11 nitrogen and oxygen atoms in total. The number of hydrogen-bond donors (Lipinski definition) is 2. The molecule has 1 fully saturated rings. The maximum Gasteiger partial charge on any atom is 0.416 e. The van der Waals surface area contributed by atoms with Crippen molar-refractivity contribution in [1.82, 2.24) is 24.3 Å². The Morgan fingerprint density at radius 2 is 1.86 bits per heavy atom. The number of likely N-dealkylation sites (tertiary alicyclic amines) is 1. The fourth-order valence-corrected chi connectivity index (χ4v) is 5.58. The number of nitrogens with one attached hydrogen (secondary N) is 1. The maximum atomic E-state index is 13.0. The largest absolute Gasteiger partial charge is 0.416 e. The van der Waals surface area contributed by atoms with Gasteiger partial charge in [-0.25, -0.2) is 23.4 Å². The molecule has 0 saturated carbocycles. The number of carbonyl (C=O) groups is 2. The number of rotatable bonds is 6. The van der Waals surface area contributed by atoms with Gasteiger partial charge in [0, 0.05) is 55.0 Å². The molecule has 0 radical (unpaired) electrons. The molecule has 42 heavy (non-hydrogen) atoms. The summed E-state index contributed by atoms with van der Waals surface area (Å²) >= 11 is 0. The van der Waals surface area contributed by atoms with Crippen molar-refractivity contribution < 1.29 is 31.2 Å². The first kappa shape index (κ1) is 29.0. The predicted molar refractivity (Wildman–Crippen MR) is 148 cm³/mol. The van der Waals surface area contributed by atoms with E-state index in [1.165, 1.54) is 23.2 Å². The van der Waals surface area contributed by atoms with Crippen LogP contribution in [0.15, 0.2) is 55.0 Å². The molecule has 0 aliphatic carbocycles. The van der Waals surface area contributed by atoms with E-state index in [9.17, 15) is 31.2 Å². The molecule has 1 aromatic carbocycles. The first-order chi connectivity index (χ1) is 19.8. The van der Waals surface area contributed by atoms with Gasteiger partial charge in [0.05, 0.1) is 5.56 Å². The molecule has 0 unspecified atom stereocenters. The Bertz CT molecular complexity index is 1770. The van der Waals surface area contributed by atoms with E-state index in [0.29, 0.717) is 42.0 Å². The van der Waals surface area contributed by atoms with Crippen molar-refractivity contribution in [3.63, 3.8) is 0 Å². The summed E-state index contributed by atoms with van der Waals surface area (Å²) in [6.45, 7) is 0.738. The number of nitrogens with two attached hydrogens (primary N) is 1. The van der Waals surface area contributed by atoms with Crippen LogP contribution in [0, 0.1) is 0 Å². The van der Waals surface area contributed by atoms with E-state index >= 15 is 0 Å². The highest BCUT2D eigenvalue weighted by Crippen LogP contribution is 2.34. The van der Waals surface area contributed by atoms with Crippen LogP contribution in [0.25, 0.3) is 16.8 Å². The molecule has 5 rings (SSSR count). The molecule has 15 heteroatoms. The molecule has 0 bridgehead atoms. The molecule has 1 atom stereocenters. The summed E-state index contributed by atoms with van der Waals surface area (Å²) < 4.78 is 64.1. The zero-order chi connectivity index (χ0) is 30.2. The number of aromatic nitrogens is 4. The Balaban J connectivity index is 1.41. The molecular formula is C27H26F3N7O4S. The van der Waals surface area contributed by atoms with Crippen LogP contribution in [0.4, 0.5) is 24.8 Å². The highest BCUT2D eigenvalue weighted by atomic mass is 32.2. The first-order valence-corrected chi connectivity index (χ1v) is 14.9. The average molecular weight is 602 g/mol. The molecule has 0 spiro atoms. The first-order valence-electron chi connectivity index (χ1n) is 12.8. The topological polar surface area (TPSA) is 153 Å². The summed E-state index contributed by atoms with van der Waals surface area (Å²) in [4.78, 5) is 39.7. The Morgan fingerprint density at radius 1 is 1.12 bits per heavy atom. The van der Waals surface area contributed by atoms with Crippen LogP contribution < -0.4 is 11.1 Å². The lowest BCUT2D eigenvalue weighted by Crippen LogP contribution is -2.42. The van der Waals surface area contributed by atoms with Gasteiger partial charge in [-0.05, 0) is 37.1 Å². The van der Waals surface area contributed by atoms with Crippen LogP contribution in [0.1, 0.15) is 40.5 Å². The van der Waals surface area contributed by atoms with E-state index in [2.05, 4.69) is 15.3 Å². The second-order valence-electron chi connectivity index (χ2n) is 10.1. The van der Waals surface area contributed by atoms with E-state index in [4.69, 9.17) is 10.7 Å². The van der Waals surface area contributed by atoms with Crippen molar-refractivity contribution >= 4 is 38.8 Å². The fourth-order valence-electron chi connectivity index (χ4n) is 4.95. The molecule has 220 valence electrons. The van der Waals surface area contributed by atoms with Crippen LogP contribution in [-0.4, -0.2) is 69.6 Å². The predicted octanol–water partition coefficient (Wildman–Crippen LogP) is 3.40. The number of sulfone groups is 1. The summed E-state index contributed by atoms with van der Waals surface area (Å²) in [5.41, 5.74) is 7.10. The molecule has 2 amide bonds. The van der Waals surface area contributed by atoms with Crippen molar-refractivity contribution in [2.75, 3.05) is 36.1 Å². The third kappa shape index (κ3) is 6.20. The van der Waals surface area contributed by atoms with Crippen LogP contribution in [-0.2, 0) is 20.8 Å². The number of benzene rings is 1. The highest BCUT2D eigenvalue weighted by Gasteiger charge is 2.32. The minimum atomic E-state index is -4.57. The van der Waals surface area contributed by atoms with Gasteiger partial charge < -0.3 is 16.0 Å². The monoisotopic (exact) mass is 601 g/mol. The molecule has 4 aromatic rings. The molecule has 1 saturated heterocycles. The van der Waals surface area contributed by atoms with Crippen molar-refractivity contribution in [1.29, 1.82) is 0 Å². The average Bonchev–Trinajstić information content (AvgIpc) is 3.33. The maximum absolute atomic E-state index is 13.0. The summed E-state index contributed by atoms with van der Waals surface area (Å²) in [6, 6.07) is 7.84. The van der Waals surface area contributed by atoms with E-state index < -0.39 is 39.1 Å². The van der Waals surface area contributed by atoms with Gasteiger partial charge in [-0.2, -0.15) is 13.2 Å². The molecular weight excluding hydrogens is 575 g/mol. The zero-order valence-corrected chi connectivity index (χ0v) is 23.1. The third-order valence-electron chi connectivity index (χ3n) is 6.88. The number of amides is 2. The van der Waals surface area contributed by atoms with Gasteiger partial charge in [0.2, 0.25) is 5.91 Å². The number of nitrogen functional groups attached to an aromatic ring is 1. The number of pyridine rings is 1. The van der Waals surface area contributed by atoms with Crippen molar-refractivity contribution in [2.45, 2.75) is 24.9 Å². The van der Waals surface area contributed by atoms with Crippen LogP contribution in [0.2, 0.25) is 0 Å². The van der Waals surface area contributed by atoms with Gasteiger partial charge in [-0.3, -0.25) is 14.0 Å². The summed E-state index contributed by atoms with van der Waals surface area (Å²) in [7, 11) is -3.48. The Labute approximate surface area is 238 Å². The zero-order valence-electron chi connectivity index (χ0n) is 22.3. The second kappa shape index (κ2) is 11.0. The summed E-state index contributed by atoms with van der Waals surface area (Å²) in [5.74, 6) is -1.26. The molecule has 4 heterocycles. The lowest BCUT2D eigenvalue weighted by molar-refractivity contribution is -0.137. The SMILES string of the molecule is CS(=O)(=O)CC(=O)N1CCC[C@@H](c2nc(-c3ccc(C(=O)Nc4cc(C(F)(F)F)ccn4)cc3)c3c(N)nccn23)C1. The normalized spacial score (nSPS) is 16.0. The lowest BCUT2D eigenvalue weighted by Gasteiger charge is -2.32. The number of halogens is 3. The minimum Gasteiger partial charge on any atom is -0.382 e. The lowest BCUT2D eigenvalue weighted by atomic mass is 9.97. The Kier molecular flexibility index (Phi) is 7.62. The van der Waals surface area contributed by atoms with E-state index in [-0.39, 0.29) is 29.7 Å². The molecule has 1 aliphatic heterocycles. The van der Waals surface area contributed by atoms with Gasteiger partial charge in [0.25, 0.3) is 5.91 Å². The Hall–Kier alpha value is -4.53. The summed E-state index contributed by atoms with van der Waals surface area (Å²) in [5, 5.41) is 2.37. The number of imidazole rings is 1. The van der Waals surface area contributed by atoms with Crippen molar-refractivity contribution in [3.05, 3.63) is 71.9 Å². The third-order valence-corrected chi connectivity index (χ3v) is 7.66. The number of fused-ring (bicyclic) bond motifs is 1. The van der Waals surface area contributed by atoms with Gasteiger partial charge in [0.1, 0.15) is 34.4 Å². The smallest absolute Gasteiger partial charge is 0.382 e. The fraction of sp³-hybridized carbons (Fsp3) is 0.296.